The lowest BCUT2D eigenvalue weighted by Gasteiger charge is -2.31. The highest BCUT2D eigenvalue weighted by Gasteiger charge is 2.40. The van der Waals surface area contributed by atoms with Crippen molar-refractivity contribution in [2.45, 2.75) is 173 Å². The Bertz CT molecular complexity index is 2170. The molecule has 432 valence electrons. The number of aliphatic imine (C=N–C) groups is 2. The third kappa shape index (κ3) is 23.8. The van der Waals surface area contributed by atoms with Crippen LogP contribution >= 0.6 is 0 Å². The van der Waals surface area contributed by atoms with E-state index >= 15 is 0 Å². The first-order valence-electron chi connectivity index (χ1n) is 26.2. The molecule has 27 nitrogen and oxygen atoms in total. The molecule has 10 atom stereocenters. The summed E-state index contributed by atoms with van der Waals surface area (Å²) in [6, 6.07) is -2.58. The fraction of sp³-hybridized carbons (Fsp3) is 0.660. The highest BCUT2D eigenvalue weighted by atomic mass is 16.4. The van der Waals surface area contributed by atoms with Crippen molar-refractivity contribution in [3.05, 3.63) is 35.9 Å². The van der Waals surface area contributed by atoms with Crippen molar-refractivity contribution in [3.8, 4) is 0 Å². The van der Waals surface area contributed by atoms with Gasteiger partial charge in [-0.15, -0.1) is 0 Å². The lowest BCUT2D eigenvalue weighted by Crippen LogP contribution is -2.61. The second-order valence-corrected chi connectivity index (χ2v) is 20.1. The summed E-state index contributed by atoms with van der Waals surface area (Å²) in [5.74, 6) is -8.36. The van der Waals surface area contributed by atoms with Gasteiger partial charge in [0.2, 0.25) is 47.3 Å². The second-order valence-electron chi connectivity index (χ2n) is 20.1. The van der Waals surface area contributed by atoms with Gasteiger partial charge >= 0.3 is 5.97 Å². The number of unbranched alkanes of at least 4 members (excludes halogenated alkanes) is 1. The Morgan fingerprint density at radius 2 is 1.18 bits per heavy atom. The van der Waals surface area contributed by atoms with Gasteiger partial charge in [-0.1, -0.05) is 58.0 Å². The van der Waals surface area contributed by atoms with Gasteiger partial charge < -0.3 is 86.7 Å². The standard InChI is InChI=1S/C50H86N16O11/c1-27(2)25-35(63-46(74)39(30(6)67)65-41(69)32(52)17-12-22-57-49(53)54)42(70)59-29(5)40(68)62-36(26-31-15-8-7-9-16-31)43(71)64-38(28(3)4)45(73)60-33(19-13-23-58-50(55)56)47(75)66-24-14-20-37(66)44(72)61-34(48(76)77)18-10-11-21-51/h7-9,15-16,27-30,32-39,67H,10-14,17-26,51-52H2,1-6H3,(H,59,70)(H,60,73)(H,61,72)(H,62,68)(H,63,74)(H,64,71)(H,65,69)(H,76,77)(H4,53,54,57)(H4,55,56,58)/t29-,30+,32-,33-,34-,35-,36-,37-,38-,39-/m0/s1. The molecule has 0 spiro atoms. The molecule has 1 heterocycles. The summed E-state index contributed by atoms with van der Waals surface area (Å²) in [6.45, 7) is 10.3. The Labute approximate surface area is 450 Å². The Balaban J connectivity index is 2.34. The van der Waals surface area contributed by atoms with Crippen molar-refractivity contribution in [1.29, 1.82) is 0 Å². The molecule has 0 saturated carbocycles. The number of nitrogens with one attached hydrogen (secondary N) is 7. The van der Waals surface area contributed by atoms with Crippen LogP contribution in [0.1, 0.15) is 111 Å². The molecule has 1 fully saturated rings. The first-order chi connectivity index (χ1) is 36.3. The Hall–Kier alpha value is -7.13. The van der Waals surface area contributed by atoms with Crippen molar-refractivity contribution in [2.24, 2.45) is 56.2 Å². The smallest absolute Gasteiger partial charge is 0.326 e. The number of amides is 8. The number of hydrogen-bond acceptors (Lipinski definition) is 14. The molecule has 0 unspecified atom stereocenters. The summed E-state index contributed by atoms with van der Waals surface area (Å²) in [7, 11) is 0. The zero-order valence-corrected chi connectivity index (χ0v) is 45.3. The SMILES string of the molecule is CC(C)C[C@H](NC(=O)[C@@H](NC(=O)[C@@H](N)CCCN=C(N)N)[C@@H](C)O)C(=O)N[C@@H](C)C(=O)N[C@@H](Cc1ccccc1)C(=O)N[C@H](C(=O)N[C@@H](CCCN=C(N)N)C(=O)N1CCC[C@H]1C(=O)N[C@@H](CCCCN)C(=O)O)C(C)C. The van der Waals surface area contributed by atoms with Gasteiger partial charge in [-0.25, -0.2) is 4.79 Å². The fourth-order valence-electron chi connectivity index (χ4n) is 8.35. The third-order valence-corrected chi connectivity index (χ3v) is 12.6. The summed E-state index contributed by atoms with van der Waals surface area (Å²) in [5.41, 5.74) is 33.9. The number of aliphatic carboxylic acids is 1. The summed E-state index contributed by atoms with van der Waals surface area (Å²) in [6.07, 6.45) is 1.14. The molecule has 1 aromatic rings. The lowest BCUT2D eigenvalue weighted by atomic mass is 9.99. The van der Waals surface area contributed by atoms with Crippen molar-refractivity contribution in [1.82, 2.24) is 42.1 Å². The van der Waals surface area contributed by atoms with E-state index in [-0.39, 0.29) is 82.4 Å². The zero-order valence-electron chi connectivity index (χ0n) is 45.3. The number of carbonyl (C=O) groups excluding carboxylic acids is 8. The van der Waals surface area contributed by atoms with Crippen LogP contribution in [0.3, 0.4) is 0 Å². The van der Waals surface area contributed by atoms with Gasteiger partial charge in [-0.2, -0.15) is 0 Å². The van der Waals surface area contributed by atoms with Crippen LogP contribution in [-0.4, -0.2) is 167 Å². The van der Waals surface area contributed by atoms with Crippen LogP contribution in [0.4, 0.5) is 0 Å². The maximum absolute atomic E-state index is 14.4. The van der Waals surface area contributed by atoms with E-state index in [0.29, 0.717) is 37.8 Å². The normalized spacial score (nSPS) is 16.7. The second kappa shape index (κ2) is 33.8. The van der Waals surface area contributed by atoms with E-state index in [1.165, 1.54) is 18.7 Å². The molecule has 0 aromatic heterocycles. The lowest BCUT2D eigenvalue weighted by molar-refractivity contribution is -0.145. The van der Waals surface area contributed by atoms with Gasteiger partial charge in [0, 0.05) is 26.1 Å². The van der Waals surface area contributed by atoms with Gasteiger partial charge in [0.25, 0.3) is 0 Å². The number of guanidine groups is 2. The number of carboxylic acid groups (broad SMARTS) is 1. The summed E-state index contributed by atoms with van der Waals surface area (Å²) in [5, 5.41) is 38.6. The van der Waals surface area contributed by atoms with Gasteiger partial charge in [-0.3, -0.25) is 48.3 Å². The quantitative estimate of drug-likeness (QED) is 0.0180. The highest BCUT2D eigenvalue weighted by molar-refractivity contribution is 5.98. The molecule has 8 amide bonds. The number of likely N-dealkylation sites (tertiary alicyclic amines) is 1. The first-order valence-corrected chi connectivity index (χ1v) is 26.2. The number of aliphatic hydroxyl groups is 1. The van der Waals surface area contributed by atoms with E-state index in [0.717, 1.165) is 0 Å². The van der Waals surface area contributed by atoms with Crippen molar-refractivity contribution in [2.75, 3.05) is 26.2 Å². The van der Waals surface area contributed by atoms with Gasteiger partial charge in [0.15, 0.2) is 11.9 Å². The molecule has 1 aliphatic heterocycles. The van der Waals surface area contributed by atoms with E-state index in [1.54, 1.807) is 58.0 Å². The number of rotatable bonds is 34. The minimum Gasteiger partial charge on any atom is -0.480 e. The number of carboxylic acids is 1. The monoisotopic (exact) mass is 1090 g/mol. The predicted molar refractivity (Wildman–Crippen MR) is 288 cm³/mol. The van der Waals surface area contributed by atoms with E-state index in [2.05, 4.69) is 47.2 Å². The minimum atomic E-state index is -1.52. The number of carbonyl (C=O) groups is 9. The first kappa shape index (κ1) is 66.0. The summed E-state index contributed by atoms with van der Waals surface area (Å²) >= 11 is 0. The van der Waals surface area contributed by atoms with Crippen LogP contribution in [0.5, 0.6) is 0 Å². The maximum atomic E-state index is 14.4. The number of benzene rings is 1. The Kier molecular flexibility index (Phi) is 29.0. The zero-order chi connectivity index (χ0) is 57.9. The summed E-state index contributed by atoms with van der Waals surface area (Å²) < 4.78 is 0. The number of nitrogens with zero attached hydrogens (tertiary/aromatic N) is 3. The molecule has 27 heteroatoms. The molecule has 0 aliphatic carbocycles. The van der Waals surface area contributed by atoms with Crippen LogP contribution in [0.2, 0.25) is 0 Å². The van der Waals surface area contributed by atoms with Gasteiger partial charge in [0.1, 0.15) is 48.3 Å². The van der Waals surface area contributed by atoms with Crippen LogP contribution in [0, 0.1) is 11.8 Å². The number of aliphatic hydroxyl groups excluding tert-OH is 1. The highest BCUT2D eigenvalue weighted by Crippen LogP contribution is 2.21. The van der Waals surface area contributed by atoms with Gasteiger partial charge in [-0.05, 0) is 102 Å². The minimum absolute atomic E-state index is 0.00978. The Morgan fingerprint density at radius 3 is 1.74 bits per heavy atom. The number of nitrogens with two attached hydrogens (primary N) is 6. The number of hydrogen-bond donors (Lipinski definition) is 15. The Morgan fingerprint density at radius 1 is 0.636 bits per heavy atom. The van der Waals surface area contributed by atoms with Crippen LogP contribution in [0.15, 0.2) is 40.3 Å². The van der Waals surface area contributed by atoms with E-state index < -0.39 is 120 Å². The van der Waals surface area contributed by atoms with E-state index in [4.69, 9.17) is 34.4 Å². The predicted octanol–water partition coefficient (Wildman–Crippen LogP) is -3.64. The van der Waals surface area contributed by atoms with Crippen molar-refractivity contribution >= 4 is 65.1 Å². The van der Waals surface area contributed by atoms with Crippen LogP contribution in [-0.2, 0) is 49.6 Å². The van der Waals surface area contributed by atoms with Gasteiger partial charge in [0.05, 0.1) is 12.1 Å². The molecule has 21 N–H and O–H groups in total. The molecule has 0 radical (unpaired) electrons. The largest absolute Gasteiger partial charge is 0.480 e. The molecular weight excluding hydrogens is 1000 g/mol. The van der Waals surface area contributed by atoms with Crippen molar-refractivity contribution in [3.63, 3.8) is 0 Å². The topological polar surface area (TPSA) is 462 Å². The average Bonchev–Trinajstić information content (AvgIpc) is 3.86. The molecule has 2 rings (SSSR count). The van der Waals surface area contributed by atoms with Crippen LogP contribution < -0.4 is 71.6 Å². The van der Waals surface area contributed by atoms with E-state index in [1.807, 2.05) is 0 Å². The van der Waals surface area contributed by atoms with E-state index in [9.17, 15) is 53.4 Å². The fourth-order valence-corrected chi connectivity index (χ4v) is 8.35. The molecule has 77 heavy (non-hydrogen) atoms. The average molecular weight is 1090 g/mol. The molecule has 1 saturated heterocycles. The summed E-state index contributed by atoms with van der Waals surface area (Å²) in [4.78, 5) is 132. The maximum Gasteiger partial charge on any atom is 0.326 e. The molecule has 1 aromatic carbocycles. The third-order valence-electron chi connectivity index (χ3n) is 12.6. The van der Waals surface area contributed by atoms with Crippen molar-refractivity contribution < 1.29 is 53.4 Å². The molecular formula is C50H86N16O11. The molecule has 1 aliphatic rings. The molecule has 0 bridgehead atoms. The van der Waals surface area contributed by atoms with Crippen LogP contribution in [0.25, 0.3) is 0 Å².